The van der Waals surface area contributed by atoms with Crippen molar-refractivity contribution in [1.82, 2.24) is 0 Å². The van der Waals surface area contributed by atoms with E-state index in [1.165, 1.54) is 93.5 Å². The summed E-state index contributed by atoms with van der Waals surface area (Å²) in [4.78, 5) is 2.49. The Labute approximate surface area is 397 Å². The van der Waals surface area contributed by atoms with Gasteiger partial charge in [0.1, 0.15) is 0 Å². The highest BCUT2D eigenvalue weighted by Crippen LogP contribution is 2.59. The minimum absolute atomic E-state index is 0.527. The van der Waals surface area contributed by atoms with Gasteiger partial charge in [-0.1, -0.05) is 231 Å². The summed E-state index contributed by atoms with van der Waals surface area (Å²) in [6.07, 6.45) is 0. The quantitative estimate of drug-likeness (QED) is 0.138. The van der Waals surface area contributed by atoms with Gasteiger partial charge >= 0.3 is 0 Å². The first-order chi connectivity index (χ1) is 33.7. The van der Waals surface area contributed by atoms with Crippen LogP contribution >= 0.6 is 0 Å². The maximum Gasteiger partial charge on any atom is 0.0714 e. The molecule has 12 aromatic rings. The highest BCUT2D eigenvalue weighted by atomic mass is 15.1. The van der Waals surface area contributed by atoms with Crippen LogP contribution in [0, 0.1) is 0 Å². The van der Waals surface area contributed by atoms with Gasteiger partial charge in [-0.25, -0.2) is 0 Å². The van der Waals surface area contributed by atoms with Crippen LogP contribution < -0.4 is 4.90 Å². The molecule has 1 nitrogen and oxygen atoms in total. The summed E-state index contributed by atoms with van der Waals surface area (Å²) in [5.74, 6) is 0. The molecule has 0 aliphatic heterocycles. The summed E-state index contributed by atoms with van der Waals surface area (Å²) in [6.45, 7) is 0. The van der Waals surface area contributed by atoms with E-state index in [4.69, 9.17) is 0 Å². The molecule has 0 unspecified atom stereocenters. The van der Waals surface area contributed by atoms with Crippen molar-refractivity contribution in [2.75, 3.05) is 4.90 Å². The third-order valence-electron chi connectivity index (χ3n) is 14.3. The smallest absolute Gasteiger partial charge is 0.0714 e. The lowest BCUT2D eigenvalue weighted by atomic mass is 9.68. The Hall–Kier alpha value is -8.78. The zero-order chi connectivity index (χ0) is 45.0. The minimum atomic E-state index is -0.527. The number of fused-ring (bicyclic) bond motifs is 7. The van der Waals surface area contributed by atoms with E-state index in [0.29, 0.717) is 0 Å². The molecule has 0 bridgehead atoms. The Morgan fingerprint density at radius 3 is 1.59 bits per heavy atom. The Balaban J connectivity index is 1.02. The predicted octanol–water partition coefficient (Wildman–Crippen LogP) is 18.0. The van der Waals surface area contributed by atoms with Crippen molar-refractivity contribution in [3.05, 3.63) is 295 Å². The summed E-state index contributed by atoms with van der Waals surface area (Å²) in [5.41, 5.74) is 17.5. The van der Waals surface area contributed by atoms with E-state index in [2.05, 4.69) is 278 Å². The van der Waals surface area contributed by atoms with E-state index >= 15 is 0 Å². The Morgan fingerprint density at radius 1 is 0.265 bits per heavy atom. The minimum Gasteiger partial charge on any atom is -0.310 e. The topological polar surface area (TPSA) is 3.24 Å². The summed E-state index contributed by atoms with van der Waals surface area (Å²) in [6, 6.07) is 101. The van der Waals surface area contributed by atoms with Gasteiger partial charge in [-0.15, -0.1) is 0 Å². The molecule has 0 heterocycles. The van der Waals surface area contributed by atoms with Crippen LogP contribution in [0.4, 0.5) is 17.1 Å². The van der Waals surface area contributed by atoms with Gasteiger partial charge in [-0.2, -0.15) is 0 Å². The van der Waals surface area contributed by atoms with Crippen molar-refractivity contribution in [3.63, 3.8) is 0 Å². The lowest BCUT2D eigenvalue weighted by molar-refractivity contribution is 0.768. The van der Waals surface area contributed by atoms with Crippen molar-refractivity contribution >= 4 is 49.4 Å². The van der Waals surface area contributed by atoms with Crippen LogP contribution in [-0.4, -0.2) is 0 Å². The van der Waals surface area contributed by atoms with E-state index in [1.54, 1.807) is 0 Å². The van der Waals surface area contributed by atoms with E-state index in [0.717, 1.165) is 22.6 Å². The van der Waals surface area contributed by atoms with Gasteiger partial charge in [0.05, 0.1) is 11.1 Å². The molecule has 1 aliphatic rings. The second-order valence-electron chi connectivity index (χ2n) is 18.0. The van der Waals surface area contributed by atoms with Gasteiger partial charge in [-0.05, 0) is 136 Å². The number of benzene rings is 12. The molecule has 0 aromatic heterocycles. The fourth-order valence-corrected chi connectivity index (χ4v) is 11.3. The monoisotopic (exact) mass is 863 g/mol. The van der Waals surface area contributed by atoms with Gasteiger partial charge in [0, 0.05) is 16.9 Å². The average Bonchev–Trinajstić information content (AvgIpc) is 3.73. The maximum absolute atomic E-state index is 2.49. The first-order valence-electron chi connectivity index (χ1n) is 23.6. The molecule has 0 N–H and O–H groups in total. The number of hydrogen-bond acceptors (Lipinski definition) is 1. The number of rotatable bonds is 8. The van der Waals surface area contributed by atoms with Crippen LogP contribution in [0.15, 0.2) is 273 Å². The van der Waals surface area contributed by atoms with Gasteiger partial charge in [0.15, 0.2) is 0 Å². The fourth-order valence-electron chi connectivity index (χ4n) is 11.3. The van der Waals surface area contributed by atoms with Gasteiger partial charge in [0.2, 0.25) is 0 Å². The summed E-state index contributed by atoms with van der Waals surface area (Å²) in [5, 5.41) is 7.54. The molecule has 12 aromatic carbocycles. The van der Waals surface area contributed by atoms with Gasteiger partial charge in [0.25, 0.3) is 0 Å². The average molecular weight is 864 g/mol. The van der Waals surface area contributed by atoms with Crippen molar-refractivity contribution in [1.29, 1.82) is 0 Å². The molecule has 0 fully saturated rings. The molecule has 1 aliphatic carbocycles. The Bertz CT molecular complexity index is 3800. The van der Waals surface area contributed by atoms with E-state index in [1.807, 2.05) is 0 Å². The van der Waals surface area contributed by atoms with Gasteiger partial charge in [-0.3, -0.25) is 0 Å². The number of nitrogens with zero attached hydrogens (tertiary/aromatic N) is 1. The van der Waals surface area contributed by atoms with Crippen LogP contribution in [0.1, 0.15) is 22.3 Å². The molecular formula is C67H45N. The second kappa shape index (κ2) is 16.3. The zero-order valence-corrected chi connectivity index (χ0v) is 37.4. The van der Waals surface area contributed by atoms with Crippen LogP contribution in [-0.2, 0) is 5.41 Å². The number of anilines is 3. The first-order valence-corrected chi connectivity index (χ1v) is 23.6. The highest BCUT2D eigenvalue weighted by molar-refractivity contribution is 6.14. The predicted molar refractivity (Wildman–Crippen MR) is 287 cm³/mol. The molecule has 0 saturated carbocycles. The molecule has 318 valence electrons. The second-order valence-corrected chi connectivity index (χ2v) is 18.0. The van der Waals surface area contributed by atoms with Crippen LogP contribution in [0.5, 0.6) is 0 Å². The van der Waals surface area contributed by atoms with E-state index in [9.17, 15) is 0 Å². The largest absolute Gasteiger partial charge is 0.310 e. The molecule has 13 rings (SSSR count). The SMILES string of the molecule is c1ccc(C2(c3ccccc3)c3ccccc3-c3c(N(c4ccc(-c5cc6ccccc6c6ccccc56)cc4)c4cccc(-c5cccc(-c6cccc7ccccc67)c5)c4)cccc32)cc1. The van der Waals surface area contributed by atoms with Crippen molar-refractivity contribution in [2.24, 2.45) is 0 Å². The van der Waals surface area contributed by atoms with Crippen LogP contribution in [0.3, 0.4) is 0 Å². The molecule has 0 amide bonds. The zero-order valence-electron chi connectivity index (χ0n) is 37.4. The molecule has 1 heteroatoms. The molecule has 0 radical (unpaired) electrons. The Morgan fingerprint density at radius 2 is 0.809 bits per heavy atom. The third kappa shape index (κ3) is 6.32. The third-order valence-corrected chi connectivity index (χ3v) is 14.3. The molecule has 68 heavy (non-hydrogen) atoms. The molecular weight excluding hydrogens is 819 g/mol. The summed E-state index contributed by atoms with van der Waals surface area (Å²) < 4.78 is 0. The molecule has 0 saturated heterocycles. The number of hydrogen-bond donors (Lipinski definition) is 0. The first kappa shape index (κ1) is 39.6. The van der Waals surface area contributed by atoms with E-state index < -0.39 is 5.41 Å². The standard InChI is InChI=1S/C67H45N/c1-3-25-52(26-4-1)67(53-27-5-2-6-28-53)63-36-14-13-34-61(63)66-64(67)37-18-38-65(66)68(54-41-39-47(40-42-54)62-45-51-20-8-10-31-58(51)59-32-11-12-33-60(59)62)55-29-16-23-49(44-55)48-22-15-24-50(43-48)57-35-17-21-46-19-7-9-30-56(46)57/h1-45H. The lowest BCUT2D eigenvalue weighted by Gasteiger charge is -2.34. The van der Waals surface area contributed by atoms with Crippen molar-refractivity contribution in [2.45, 2.75) is 5.41 Å². The van der Waals surface area contributed by atoms with Crippen molar-refractivity contribution < 1.29 is 0 Å². The van der Waals surface area contributed by atoms with Crippen molar-refractivity contribution in [3.8, 4) is 44.5 Å². The lowest BCUT2D eigenvalue weighted by Crippen LogP contribution is -2.28. The fraction of sp³-hybridized carbons (Fsp3) is 0.0149. The molecule has 0 spiro atoms. The van der Waals surface area contributed by atoms with E-state index in [-0.39, 0.29) is 0 Å². The summed E-state index contributed by atoms with van der Waals surface area (Å²) >= 11 is 0. The molecule has 0 atom stereocenters. The van der Waals surface area contributed by atoms with Crippen LogP contribution in [0.25, 0.3) is 76.8 Å². The normalized spacial score (nSPS) is 12.5. The summed E-state index contributed by atoms with van der Waals surface area (Å²) in [7, 11) is 0. The maximum atomic E-state index is 2.49. The highest BCUT2D eigenvalue weighted by Gasteiger charge is 2.47. The van der Waals surface area contributed by atoms with Gasteiger partial charge < -0.3 is 4.90 Å². The van der Waals surface area contributed by atoms with Crippen LogP contribution in [0.2, 0.25) is 0 Å². The Kier molecular flexibility index (Phi) is 9.47.